The van der Waals surface area contributed by atoms with Crippen molar-refractivity contribution < 1.29 is 15.0 Å². The summed E-state index contributed by atoms with van der Waals surface area (Å²) in [5.41, 5.74) is 0.191. The van der Waals surface area contributed by atoms with Crippen molar-refractivity contribution in [2.75, 3.05) is 18.5 Å². The summed E-state index contributed by atoms with van der Waals surface area (Å²) in [6, 6.07) is 3.22. The highest BCUT2D eigenvalue weighted by Gasteiger charge is 2.24. The van der Waals surface area contributed by atoms with E-state index in [-0.39, 0.29) is 12.2 Å². The lowest BCUT2D eigenvalue weighted by molar-refractivity contribution is 0.0696. The fourth-order valence-corrected chi connectivity index (χ4v) is 2.65. The van der Waals surface area contributed by atoms with Gasteiger partial charge in [-0.1, -0.05) is 12.8 Å². The van der Waals surface area contributed by atoms with Gasteiger partial charge in [0.05, 0.1) is 5.56 Å². The molecule has 1 fully saturated rings. The SMILES string of the molecule is O=C(O)c1ccc(NCC2CCCCC2CO)nc1. The van der Waals surface area contributed by atoms with E-state index in [2.05, 4.69) is 10.3 Å². The summed E-state index contributed by atoms with van der Waals surface area (Å²) < 4.78 is 0. The van der Waals surface area contributed by atoms with Gasteiger partial charge < -0.3 is 15.5 Å². The third-order valence-electron chi connectivity index (χ3n) is 3.86. The zero-order valence-corrected chi connectivity index (χ0v) is 10.9. The molecule has 5 heteroatoms. The zero-order valence-electron chi connectivity index (χ0n) is 10.9. The number of pyridine rings is 1. The molecule has 1 heterocycles. The summed E-state index contributed by atoms with van der Waals surface area (Å²) in [7, 11) is 0. The van der Waals surface area contributed by atoms with Crippen molar-refractivity contribution in [1.29, 1.82) is 0 Å². The minimum Gasteiger partial charge on any atom is -0.478 e. The van der Waals surface area contributed by atoms with E-state index < -0.39 is 5.97 Å². The molecule has 2 atom stereocenters. The number of nitrogens with zero attached hydrogens (tertiary/aromatic N) is 1. The molecule has 1 aliphatic rings. The largest absolute Gasteiger partial charge is 0.478 e. The van der Waals surface area contributed by atoms with Crippen molar-refractivity contribution in [3.8, 4) is 0 Å². The van der Waals surface area contributed by atoms with Gasteiger partial charge in [-0.3, -0.25) is 0 Å². The van der Waals surface area contributed by atoms with Gasteiger partial charge in [-0.2, -0.15) is 0 Å². The molecule has 3 N–H and O–H groups in total. The quantitative estimate of drug-likeness (QED) is 0.757. The number of carboxylic acids is 1. The van der Waals surface area contributed by atoms with E-state index in [1.165, 1.54) is 19.0 Å². The number of carboxylic acid groups (broad SMARTS) is 1. The minimum atomic E-state index is -0.966. The van der Waals surface area contributed by atoms with Gasteiger partial charge in [0, 0.05) is 19.3 Å². The van der Waals surface area contributed by atoms with Crippen molar-refractivity contribution in [2.24, 2.45) is 11.8 Å². The molecule has 0 spiro atoms. The number of aliphatic hydroxyl groups excluding tert-OH is 1. The minimum absolute atomic E-state index is 0.191. The van der Waals surface area contributed by atoms with Gasteiger partial charge in [-0.15, -0.1) is 0 Å². The average molecular weight is 264 g/mol. The second-order valence-corrected chi connectivity index (χ2v) is 5.11. The maximum absolute atomic E-state index is 10.7. The fourth-order valence-electron chi connectivity index (χ4n) is 2.65. The predicted octanol–water partition coefficient (Wildman–Crippen LogP) is 1.99. The summed E-state index contributed by atoms with van der Waals surface area (Å²) in [5.74, 6) is 0.568. The molecule has 5 nitrogen and oxygen atoms in total. The van der Waals surface area contributed by atoms with Crippen molar-refractivity contribution >= 4 is 11.8 Å². The van der Waals surface area contributed by atoms with Crippen LogP contribution in [0.4, 0.5) is 5.82 Å². The van der Waals surface area contributed by atoms with Crippen LogP contribution in [0.1, 0.15) is 36.0 Å². The van der Waals surface area contributed by atoms with Gasteiger partial charge in [0.2, 0.25) is 0 Å². The van der Waals surface area contributed by atoms with Crippen molar-refractivity contribution in [1.82, 2.24) is 4.98 Å². The van der Waals surface area contributed by atoms with Crippen LogP contribution in [-0.4, -0.2) is 34.3 Å². The van der Waals surface area contributed by atoms with Crippen LogP contribution in [0.25, 0.3) is 0 Å². The number of carbonyl (C=O) groups is 1. The van der Waals surface area contributed by atoms with E-state index in [0.29, 0.717) is 17.7 Å². The molecule has 104 valence electrons. The molecule has 2 rings (SSSR count). The van der Waals surface area contributed by atoms with E-state index in [0.717, 1.165) is 19.4 Å². The standard InChI is InChI=1S/C14H20N2O3/c17-9-12-4-2-1-3-10(12)7-15-13-6-5-11(8-16-13)14(18)19/h5-6,8,10,12,17H,1-4,7,9H2,(H,15,16)(H,18,19). The average Bonchev–Trinajstić information content (AvgIpc) is 2.45. The summed E-state index contributed by atoms with van der Waals surface area (Å²) in [6.45, 7) is 1.03. The van der Waals surface area contributed by atoms with Crippen LogP contribution in [-0.2, 0) is 0 Å². The number of rotatable bonds is 5. The first kappa shape index (κ1) is 13.8. The second-order valence-electron chi connectivity index (χ2n) is 5.11. The number of anilines is 1. The lowest BCUT2D eigenvalue weighted by Crippen LogP contribution is -2.28. The summed E-state index contributed by atoms with van der Waals surface area (Å²) in [5, 5.41) is 21.4. The Hall–Kier alpha value is -1.62. The second kappa shape index (κ2) is 6.52. The number of nitrogens with one attached hydrogen (secondary N) is 1. The number of aromatic carboxylic acids is 1. The van der Waals surface area contributed by atoms with Crippen LogP contribution < -0.4 is 5.32 Å². The molecule has 0 aliphatic heterocycles. The Kier molecular flexibility index (Phi) is 4.74. The van der Waals surface area contributed by atoms with E-state index in [1.54, 1.807) is 12.1 Å². The Bertz CT molecular complexity index is 419. The molecule has 0 aromatic carbocycles. The smallest absolute Gasteiger partial charge is 0.337 e. The van der Waals surface area contributed by atoms with Gasteiger partial charge in [0.15, 0.2) is 0 Å². The predicted molar refractivity (Wildman–Crippen MR) is 72.2 cm³/mol. The van der Waals surface area contributed by atoms with Crippen LogP contribution in [0.15, 0.2) is 18.3 Å². The lowest BCUT2D eigenvalue weighted by atomic mass is 9.79. The Morgan fingerprint density at radius 1 is 1.32 bits per heavy atom. The molecule has 0 saturated heterocycles. The molecule has 1 saturated carbocycles. The molecule has 19 heavy (non-hydrogen) atoms. The summed E-state index contributed by atoms with van der Waals surface area (Å²) in [4.78, 5) is 14.8. The van der Waals surface area contributed by atoms with E-state index in [1.807, 2.05) is 0 Å². The van der Waals surface area contributed by atoms with Crippen LogP contribution in [0.5, 0.6) is 0 Å². The first-order valence-corrected chi connectivity index (χ1v) is 6.75. The van der Waals surface area contributed by atoms with Crippen LogP contribution in [0.3, 0.4) is 0 Å². The summed E-state index contributed by atoms with van der Waals surface area (Å²) in [6.07, 6.45) is 6.00. The van der Waals surface area contributed by atoms with Crippen LogP contribution >= 0.6 is 0 Å². The van der Waals surface area contributed by atoms with E-state index in [9.17, 15) is 9.90 Å². The van der Waals surface area contributed by atoms with Gasteiger partial charge in [-0.25, -0.2) is 9.78 Å². The molecule has 0 bridgehead atoms. The van der Waals surface area contributed by atoms with E-state index in [4.69, 9.17) is 5.11 Å². The summed E-state index contributed by atoms with van der Waals surface area (Å²) >= 11 is 0. The molecule has 1 aliphatic carbocycles. The molecule has 0 radical (unpaired) electrons. The van der Waals surface area contributed by atoms with E-state index >= 15 is 0 Å². The number of hydrogen-bond acceptors (Lipinski definition) is 4. The number of aromatic nitrogens is 1. The number of hydrogen-bond donors (Lipinski definition) is 3. The Labute approximate surface area is 112 Å². The topological polar surface area (TPSA) is 82.5 Å². The fraction of sp³-hybridized carbons (Fsp3) is 0.571. The Morgan fingerprint density at radius 3 is 2.63 bits per heavy atom. The normalized spacial score (nSPS) is 23.0. The van der Waals surface area contributed by atoms with Crippen molar-refractivity contribution in [3.05, 3.63) is 23.9 Å². The number of aliphatic hydroxyl groups is 1. The first-order valence-electron chi connectivity index (χ1n) is 6.75. The molecule has 1 aromatic heterocycles. The van der Waals surface area contributed by atoms with Gasteiger partial charge in [0.25, 0.3) is 0 Å². The maximum Gasteiger partial charge on any atom is 0.337 e. The lowest BCUT2D eigenvalue weighted by Gasteiger charge is -2.30. The van der Waals surface area contributed by atoms with Gasteiger partial charge in [-0.05, 0) is 36.8 Å². The van der Waals surface area contributed by atoms with Gasteiger partial charge >= 0.3 is 5.97 Å². The molecule has 2 unspecified atom stereocenters. The highest BCUT2D eigenvalue weighted by atomic mass is 16.4. The molecule has 0 amide bonds. The highest BCUT2D eigenvalue weighted by Crippen LogP contribution is 2.29. The maximum atomic E-state index is 10.7. The third-order valence-corrected chi connectivity index (χ3v) is 3.86. The van der Waals surface area contributed by atoms with Crippen LogP contribution in [0, 0.1) is 11.8 Å². The monoisotopic (exact) mass is 264 g/mol. The Balaban J connectivity index is 1.88. The molecular formula is C14H20N2O3. The van der Waals surface area contributed by atoms with Crippen molar-refractivity contribution in [2.45, 2.75) is 25.7 Å². The first-order chi connectivity index (χ1) is 9.20. The van der Waals surface area contributed by atoms with Gasteiger partial charge in [0.1, 0.15) is 5.82 Å². The molecule has 1 aromatic rings. The third kappa shape index (κ3) is 3.67. The Morgan fingerprint density at radius 2 is 2.05 bits per heavy atom. The zero-order chi connectivity index (χ0) is 13.7. The molecular weight excluding hydrogens is 244 g/mol. The van der Waals surface area contributed by atoms with Crippen LogP contribution in [0.2, 0.25) is 0 Å². The highest BCUT2D eigenvalue weighted by molar-refractivity contribution is 5.87. The van der Waals surface area contributed by atoms with Crippen molar-refractivity contribution in [3.63, 3.8) is 0 Å².